The standard InChI is InChI=1S/C25H18ClFN8O3/c26-15-2-5-21(34-12-29-32-33-34)17(10-15)14-7-16-3-6-22(35(16)23(36)9-14)24-28-11-20(30-24)13-1-4-19(18(27)8-13)31-25(37)38/h1-2,4-5,7-12,22,31H,3,6H2,(H,28,30)(H,37,38). The van der Waals surface area contributed by atoms with Crippen LogP contribution in [0.1, 0.15) is 24.0 Å². The summed E-state index contributed by atoms with van der Waals surface area (Å²) in [6, 6.07) is 12.6. The minimum absolute atomic E-state index is 0.143. The zero-order valence-corrected chi connectivity index (χ0v) is 20.2. The number of tetrazole rings is 1. The van der Waals surface area contributed by atoms with E-state index in [4.69, 9.17) is 16.7 Å². The van der Waals surface area contributed by atoms with E-state index in [-0.39, 0.29) is 17.3 Å². The second-order valence-corrected chi connectivity index (χ2v) is 9.16. The second kappa shape index (κ2) is 9.23. The molecule has 3 N–H and O–H groups in total. The van der Waals surface area contributed by atoms with Crippen LogP contribution in [0, 0.1) is 5.82 Å². The topological polar surface area (TPSA) is 144 Å². The third kappa shape index (κ3) is 4.20. The molecule has 1 unspecified atom stereocenters. The van der Waals surface area contributed by atoms with Crippen LogP contribution in [-0.4, -0.2) is 45.9 Å². The maximum atomic E-state index is 14.3. The number of pyridine rings is 1. The summed E-state index contributed by atoms with van der Waals surface area (Å²) in [5, 5.41) is 22.7. The first-order valence-electron chi connectivity index (χ1n) is 11.5. The molecule has 3 aromatic heterocycles. The van der Waals surface area contributed by atoms with Crippen LogP contribution in [0.25, 0.3) is 28.1 Å². The van der Waals surface area contributed by atoms with E-state index < -0.39 is 11.9 Å². The van der Waals surface area contributed by atoms with Crippen molar-refractivity contribution in [2.45, 2.75) is 18.9 Å². The summed E-state index contributed by atoms with van der Waals surface area (Å²) in [6.07, 6.45) is 2.98. The Morgan fingerprint density at radius 1 is 1.16 bits per heavy atom. The maximum absolute atomic E-state index is 14.3. The molecular weight excluding hydrogens is 515 g/mol. The second-order valence-electron chi connectivity index (χ2n) is 8.72. The quantitative estimate of drug-likeness (QED) is 0.306. The Kier molecular flexibility index (Phi) is 5.72. The number of carboxylic acid groups (broad SMARTS) is 1. The van der Waals surface area contributed by atoms with Crippen molar-refractivity contribution in [2.75, 3.05) is 5.32 Å². The number of aromatic amines is 1. The molecule has 0 fully saturated rings. The Bertz CT molecular complexity index is 1750. The number of nitrogens with one attached hydrogen (secondary N) is 2. The lowest BCUT2D eigenvalue weighted by Crippen LogP contribution is -2.23. The van der Waals surface area contributed by atoms with Crippen molar-refractivity contribution < 1.29 is 14.3 Å². The van der Waals surface area contributed by atoms with E-state index in [2.05, 4.69) is 25.5 Å². The Balaban J connectivity index is 1.33. The summed E-state index contributed by atoms with van der Waals surface area (Å²) in [5.74, 6) is -0.142. The number of aromatic nitrogens is 7. The Hall–Kier alpha value is -4.84. The Labute approximate surface area is 218 Å². The largest absolute Gasteiger partial charge is 0.465 e. The maximum Gasteiger partial charge on any atom is 0.409 e. The number of amides is 1. The SMILES string of the molecule is O=C(O)Nc1ccc(-c2cnc(C3CCc4cc(-c5cc(Cl)ccc5-n5cnnn5)cc(=O)n43)[nH]2)cc1F. The van der Waals surface area contributed by atoms with E-state index in [0.717, 1.165) is 11.3 Å². The number of imidazole rings is 1. The molecule has 11 nitrogen and oxygen atoms in total. The van der Waals surface area contributed by atoms with Crippen molar-refractivity contribution in [1.29, 1.82) is 0 Å². The van der Waals surface area contributed by atoms with Crippen molar-refractivity contribution >= 4 is 23.4 Å². The van der Waals surface area contributed by atoms with Crippen LogP contribution in [0.2, 0.25) is 5.02 Å². The van der Waals surface area contributed by atoms with Gasteiger partial charge in [-0.25, -0.2) is 14.2 Å². The molecule has 1 amide bonds. The van der Waals surface area contributed by atoms with Crippen LogP contribution < -0.4 is 10.9 Å². The summed E-state index contributed by atoms with van der Waals surface area (Å²) in [7, 11) is 0. The molecule has 38 heavy (non-hydrogen) atoms. The third-order valence-corrected chi connectivity index (χ3v) is 6.67. The number of hydrogen-bond acceptors (Lipinski definition) is 6. The molecule has 0 radical (unpaired) electrons. The van der Waals surface area contributed by atoms with E-state index in [1.165, 1.54) is 23.1 Å². The van der Waals surface area contributed by atoms with Gasteiger partial charge in [0.25, 0.3) is 5.56 Å². The molecule has 0 aliphatic carbocycles. The first-order valence-corrected chi connectivity index (χ1v) is 11.9. The van der Waals surface area contributed by atoms with Gasteiger partial charge in [-0.2, -0.15) is 4.68 Å². The van der Waals surface area contributed by atoms with E-state index in [9.17, 15) is 14.0 Å². The number of aryl methyl sites for hydroxylation is 1. The van der Waals surface area contributed by atoms with Crippen molar-refractivity contribution in [3.63, 3.8) is 0 Å². The van der Waals surface area contributed by atoms with Crippen LogP contribution >= 0.6 is 11.6 Å². The smallest absolute Gasteiger partial charge is 0.409 e. The monoisotopic (exact) mass is 532 g/mol. The molecule has 1 aliphatic rings. The first kappa shape index (κ1) is 23.6. The van der Waals surface area contributed by atoms with Gasteiger partial charge in [-0.1, -0.05) is 17.7 Å². The lowest BCUT2D eigenvalue weighted by Gasteiger charge is -2.15. The average Bonchev–Trinajstić information content (AvgIpc) is 3.65. The van der Waals surface area contributed by atoms with Gasteiger partial charge in [-0.15, -0.1) is 5.10 Å². The zero-order chi connectivity index (χ0) is 26.4. The predicted octanol–water partition coefficient (Wildman–Crippen LogP) is 4.30. The highest BCUT2D eigenvalue weighted by Gasteiger charge is 2.28. The predicted molar refractivity (Wildman–Crippen MR) is 136 cm³/mol. The van der Waals surface area contributed by atoms with Gasteiger partial charge >= 0.3 is 6.09 Å². The van der Waals surface area contributed by atoms with Crippen LogP contribution in [0.5, 0.6) is 0 Å². The van der Waals surface area contributed by atoms with Gasteiger partial charge in [-0.05, 0) is 65.2 Å². The lowest BCUT2D eigenvalue weighted by atomic mass is 10.0. The zero-order valence-electron chi connectivity index (χ0n) is 19.5. The fraction of sp³-hybridized carbons (Fsp3) is 0.120. The molecule has 13 heteroatoms. The fourth-order valence-electron chi connectivity index (χ4n) is 4.77. The number of halogens is 2. The fourth-order valence-corrected chi connectivity index (χ4v) is 4.94. The van der Waals surface area contributed by atoms with Gasteiger partial charge in [0, 0.05) is 27.9 Å². The van der Waals surface area contributed by atoms with E-state index in [0.29, 0.717) is 46.2 Å². The first-order chi connectivity index (χ1) is 18.4. The number of H-pyrrole nitrogens is 1. The van der Waals surface area contributed by atoms with E-state index in [1.54, 1.807) is 41.1 Å². The third-order valence-electron chi connectivity index (χ3n) is 6.43. The van der Waals surface area contributed by atoms with Crippen molar-refractivity contribution in [1.82, 2.24) is 34.7 Å². The number of anilines is 1. The number of carbonyl (C=O) groups is 1. The van der Waals surface area contributed by atoms with Gasteiger partial charge in [-0.3, -0.25) is 10.1 Å². The van der Waals surface area contributed by atoms with E-state index >= 15 is 0 Å². The summed E-state index contributed by atoms with van der Waals surface area (Å²) >= 11 is 6.27. The normalized spacial score (nSPS) is 14.4. The van der Waals surface area contributed by atoms with Crippen molar-refractivity contribution in [3.8, 4) is 28.1 Å². The average molecular weight is 533 g/mol. The minimum atomic E-state index is -1.35. The summed E-state index contributed by atoms with van der Waals surface area (Å²) < 4.78 is 17.6. The van der Waals surface area contributed by atoms with Crippen LogP contribution in [-0.2, 0) is 6.42 Å². The molecule has 0 saturated carbocycles. The molecular formula is C25H18ClFN8O3. The minimum Gasteiger partial charge on any atom is -0.465 e. The van der Waals surface area contributed by atoms with Crippen molar-refractivity contribution in [2.24, 2.45) is 0 Å². The van der Waals surface area contributed by atoms with Gasteiger partial charge in [0.05, 0.1) is 29.3 Å². The number of rotatable bonds is 5. The molecule has 1 atom stereocenters. The Morgan fingerprint density at radius 2 is 2.03 bits per heavy atom. The molecule has 0 bridgehead atoms. The van der Waals surface area contributed by atoms with Crippen LogP contribution in [0.4, 0.5) is 14.9 Å². The number of benzene rings is 2. The van der Waals surface area contributed by atoms with Gasteiger partial charge in [0.15, 0.2) is 0 Å². The van der Waals surface area contributed by atoms with E-state index in [1.807, 2.05) is 11.4 Å². The summed E-state index contributed by atoms with van der Waals surface area (Å²) in [5.41, 5.74) is 3.64. The molecule has 4 heterocycles. The van der Waals surface area contributed by atoms with Gasteiger partial charge in [0.1, 0.15) is 18.0 Å². The highest BCUT2D eigenvalue weighted by atomic mass is 35.5. The molecule has 5 aromatic rings. The molecule has 190 valence electrons. The molecule has 1 aliphatic heterocycles. The highest BCUT2D eigenvalue weighted by Crippen LogP contribution is 2.34. The van der Waals surface area contributed by atoms with Crippen LogP contribution in [0.15, 0.2) is 65.8 Å². The molecule has 2 aromatic carbocycles. The lowest BCUT2D eigenvalue weighted by molar-refractivity contribution is 0.209. The summed E-state index contributed by atoms with van der Waals surface area (Å²) in [4.78, 5) is 31.8. The number of nitrogens with zero attached hydrogens (tertiary/aromatic N) is 6. The van der Waals surface area contributed by atoms with Crippen LogP contribution in [0.3, 0.4) is 0 Å². The number of hydrogen-bond donors (Lipinski definition) is 3. The van der Waals surface area contributed by atoms with Gasteiger partial charge < -0.3 is 14.7 Å². The highest BCUT2D eigenvalue weighted by molar-refractivity contribution is 6.31. The summed E-state index contributed by atoms with van der Waals surface area (Å²) in [6.45, 7) is 0. The molecule has 6 rings (SSSR count). The molecule has 0 spiro atoms. The Morgan fingerprint density at radius 3 is 2.79 bits per heavy atom. The molecule has 0 saturated heterocycles. The number of fused-ring (bicyclic) bond motifs is 1. The van der Waals surface area contributed by atoms with Gasteiger partial charge in [0.2, 0.25) is 0 Å². The van der Waals surface area contributed by atoms with Crippen molar-refractivity contribution in [3.05, 3.63) is 93.8 Å².